The maximum Gasteiger partial charge on any atom is 0.305 e. The largest absolute Gasteiger partial charge is 0.497 e. The highest BCUT2D eigenvalue weighted by atomic mass is 16.5. The van der Waals surface area contributed by atoms with E-state index >= 15 is 0 Å². The lowest BCUT2D eigenvalue weighted by molar-refractivity contribution is -0.143. The minimum Gasteiger partial charge on any atom is -0.497 e. The van der Waals surface area contributed by atoms with Gasteiger partial charge in [0.05, 0.1) is 13.7 Å². The van der Waals surface area contributed by atoms with Gasteiger partial charge in [0.15, 0.2) is 0 Å². The smallest absolute Gasteiger partial charge is 0.305 e. The van der Waals surface area contributed by atoms with E-state index in [1.165, 1.54) is 0 Å². The molecular formula is C19H21NO5. The molecule has 0 saturated carbocycles. The molecule has 0 radical (unpaired) electrons. The lowest BCUT2D eigenvalue weighted by Gasteiger charge is -2.07. The van der Waals surface area contributed by atoms with E-state index in [0.717, 1.165) is 16.5 Å². The predicted molar refractivity (Wildman–Crippen MR) is 94.5 cm³/mol. The molecule has 0 spiro atoms. The number of hydrogen-bond acceptors (Lipinski definition) is 6. The monoisotopic (exact) mass is 343 g/mol. The Hall–Kier alpha value is -2.89. The normalized spacial score (nSPS) is 11.4. The number of carbonyl (C=O) groups is 2. The van der Waals surface area contributed by atoms with Crippen molar-refractivity contribution in [2.45, 2.75) is 26.2 Å². The predicted octanol–water partition coefficient (Wildman–Crippen LogP) is 3.59. The van der Waals surface area contributed by atoms with Crippen molar-refractivity contribution in [3.8, 4) is 5.75 Å². The van der Waals surface area contributed by atoms with Crippen LogP contribution in [0.1, 0.15) is 36.5 Å². The van der Waals surface area contributed by atoms with Crippen LogP contribution in [0.15, 0.2) is 41.6 Å². The van der Waals surface area contributed by atoms with Crippen molar-refractivity contribution in [2.75, 3.05) is 13.7 Å². The first-order valence-electron chi connectivity index (χ1n) is 8.08. The fourth-order valence-corrected chi connectivity index (χ4v) is 2.50. The highest BCUT2D eigenvalue weighted by Gasteiger charge is 2.16. The van der Waals surface area contributed by atoms with Crippen LogP contribution < -0.4 is 4.74 Å². The van der Waals surface area contributed by atoms with Gasteiger partial charge < -0.3 is 14.7 Å². The molecule has 0 aliphatic heterocycles. The Kier molecular flexibility index (Phi) is 6.51. The Labute approximate surface area is 146 Å². The summed E-state index contributed by atoms with van der Waals surface area (Å²) in [6.45, 7) is 2.05. The zero-order valence-electron chi connectivity index (χ0n) is 14.3. The zero-order chi connectivity index (χ0) is 18.2. The second kappa shape index (κ2) is 8.82. The molecule has 6 nitrogen and oxygen atoms in total. The number of rotatable bonds is 8. The Bertz CT molecular complexity index is 798. The third kappa shape index (κ3) is 4.79. The van der Waals surface area contributed by atoms with Gasteiger partial charge in [0, 0.05) is 12.0 Å². The molecular weight excluding hydrogens is 322 g/mol. The summed E-state index contributed by atoms with van der Waals surface area (Å²) in [5, 5.41) is 14.1. The third-order valence-electron chi connectivity index (χ3n) is 3.79. The SMILES string of the molecule is CCOC(=O)CCCC(=NO)C(=O)c1ccc2cc(OC)ccc2c1. The zero-order valence-corrected chi connectivity index (χ0v) is 14.3. The molecule has 2 aromatic carbocycles. The van der Waals surface area contributed by atoms with Gasteiger partial charge in [0.2, 0.25) is 5.78 Å². The van der Waals surface area contributed by atoms with Crippen LogP contribution in [0.3, 0.4) is 0 Å². The van der Waals surface area contributed by atoms with Gasteiger partial charge in [-0.3, -0.25) is 9.59 Å². The first-order chi connectivity index (χ1) is 12.1. The van der Waals surface area contributed by atoms with E-state index in [1.54, 1.807) is 26.2 Å². The molecule has 0 bridgehead atoms. The van der Waals surface area contributed by atoms with E-state index in [4.69, 9.17) is 14.7 Å². The van der Waals surface area contributed by atoms with Gasteiger partial charge in [0.1, 0.15) is 11.5 Å². The molecule has 25 heavy (non-hydrogen) atoms. The molecule has 0 aromatic heterocycles. The van der Waals surface area contributed by atoms with Crippen molar-refractivity contribution >= 4 is 28.2 Å². The molecule has 0 fully saturated rings. The maximum atomic E-state index is 12.5. The number of methoxy groups -OCH3 is 1. The molecule has 1 N–H and O–H groups in total. The standard InChI is InChI=1S/C19H21NO5/c1-3-25-18(21)6-4-5-17(20-23)19(22)15-8-7-14-12-16(24-2)10-9-13(14)11-15/h7-12,23H,3-6H2,1-2H3. The van der Waals surface area contributed by atoms with Crippen molar-refractivity contribution in [2.24, 2.45) is 5.16 Å². The Morgan fingerprint density at radius 2 is 1.80 bits per heavy atom. The second-order valence-electron chi connectivity index (χ2n) is 5.46. The first-order valence-corrected chi connectivity index (χ1v) is 8.08. The van der Waals surface area contributed by atoms with Gasteiger partial charge in [-0.1, -0.05) is 23.4 Å². The number of fused-ring (bicyclic) bond motifs is 1. The van der Waals surface area contributed by atoms with Crippen molar-refractivity contribution in [3.05, 3.63) is 42.0 Å². The summed E-state index contributed by atoms with van der Waals surface area (Å²) in [6, 6.07) is 10.8. The van der Waals surface area contributed by atoms with Crippen molar-refractivity contribution < 1.29 is 24.3 Å². The number of nitrogens with zero attached hydrogens (tertiary/aromatic N) is 1. The highest BCUT2D eigenvalue weighted by Crippen LogP contribution is 2.22. The van der Waals surface area contributed by atoms with Gasteiger partial charge in [-0.25, -0.2) is 0 Å². The number of ether oxygens (including phenoxy) is 2. The number of hydrogen-bond donors (Lipinski definition) is 1. The summed E-state index contributed by atoms with van der Waals surface area (Å²) >= 11 is 0. The van der Waals surface area contributed by atoms with Crippen LogP contribution in [-0.4, -0.2) is 36.4 Å². The van der Waals surface area contributed by atoms with Crippen LogP contribution in [0.25, 0.3) is 10.8 Å². The minimum atomic E-state index is -0.357. The molecule has 6 heteroatoms. The summed E-state index contributed by atoms with van der Waals surface area (Å²) in [6.07, 6.45) is 0.765. The number of benzene rings is 2. The van der Waals surface area contributed by atoms with Crippen molar-refractivity contribution in [3.63, 3.8) is 0 Å². The number of Topliss-reactive ketones (excluding diaryl/α,β-unsaturated/α-hetero) is 1. The summed E-state index contributed by atoms with van der Waals surface area (Å²) < 4.78 is 10.0. The molecule has 2 aromatic rings. The van der Waals surface area contributed by atoms with Gasteiger partial charge in [-0.2, -0.15) is 0 Å². The van der Waals surface area contributed by atoms with Crippen LogP contribution in [0.4, 0.5) is 0 Å². The number of oxime groups is 1. The second-order valence-corrected chi connectivity index (χ2v) is 5.46. The molecule has 132 valence electrons. The van der Waals surface area contributed by atoms with E-state index in [1.807, 2.05) is 24.3 Å². The van der Waals surface area contributed by atoms with Gasteiger partial charge in [0.25, 0.3) is 0 Å². The van der Waals surface area contributed by atoms with E-state index in [9.17, 15) is 9.59 Å². The molecule has 0 amide bonds. The Morgan fingerprint density at radius 3 is 2.48 bits per heavy atom. The van der Waals surface area contributed by atoms with Crippen LogP contribution in [0.2, 0.25) is 0 Å². The quantitative estimate of drug-likeness (QED) is 0.260. The maximum absolute atomic E-state index is 12.5. The van der Waals surface area contributed by atoms with Crippen LogP contribution in [-0.2, 0) is 9.53 Å². The minimum absolute atomic E-state index is 0.0251. The number of ketones is 1. The van der Waals surface area contributed by atoms with Crippen molar-refractivity contribution in [1.82, 2.24) is 0 Å². The van der Waals surface area contributed by atoms with Gasteiger partial charge in [-0.05, 0) is 48.7 Å². The Morgan fingerprint density at radius 1 is 1.08 bits per heavy atom. The first kappa shape index (κ1) is 18.4. The van der Waals surface area contributed by atoms with Gasteiger partial charge in [-0.15, -0.1) is 0 Å². The third-order valence-corrected chi connectivity index (χ3v) is 3.79. The molecule has 0 heterocycles. The summed E-state index contributed by atoms with van der Waals surface area (Å²) in [4.78, 5) is 23.8. The molecule has 0 saturated heterocycles. The fourth-order valence-electron chi connectivity index (χ4n) is 2.50. The lowest BCUT2D eigenvalue weighted by Crippen LogP contribution is -2.15. The molecule has 2 rings (SSSR count). The highest BCUT2D eigenvalue weighted by molar-refractivity contribution is 6.46. The molecule has 0 aliphatic rings. The lowest BCUT2D eigenvalue weighted by atomic mass is 9.99. The summed E-state index contributed by atoms with van der Waals surface area (Å²) in [5.41, 5.74) is 0.457. The van der Waals surface area contributed by atoms with Crippen molar-refractivity contribution in [1.29, 1.82) is 0 Å². The van der Waals surface area contributed by atoms with E-state index in [-0.39, 0.29) is 30.3 Å². The average Bonchev–Trinajstić information content (AvgIpc) is 2.64. The summed E-state index contributed by atoms with van der Waals surface area (Å²) in [7, 11) is 1.60. The average molecular weight is 343 g/mol. The van der Waals surface area contributed by atoms with Crippen LogP contribution in [0, 0.1) is 0 Å². The number of esters is 1. The van der Waals surface area contributed by atoms with E-state index in [0.29, 0.717) is 18.6 Å². The van der Waals surface area contributed by atoms with Gasteiger partial charge >= 0.3 is 5.97 Å². The van der Waals surface area contributed by atoms with Crippen LogP contribution in [0.5, 0.6) is 5.75 Å². The fraction of sp³-hybridized carbons (Fsp3) is 0.316. The molecule has 0 unspecified atom stereocenters. The van der Waals surface area contributed by atoms with E-state index < -0.39 is 0 Å². The topological polar surface area (TPSA) is 85.2 Å². The van der Waals surface area contributed by atoms with E-state index in [2.05, 4.69) is 5.16 Å². The Balaban J connectivity index is 2.09. The number of carbonyl (C=O) groups excluding carboxylic acids is 2. The van der Waals surface area contributed by atoms with Crippen LogP contribution >= 0.6 is 0 Å². The molecule has 0 atom stereocenters. The molecule has 0 aliphatic carbocycles. The summed E-state index contributed by atoms with van der Waals surface area (Å²) in [5.74, 6) is 0.0547.